The lowest BCUT2D eigenvalue weighted by Crippen LogP contribution is -2.47. The van der Waals surface area contributed by atoms with Crippen LogP contribution in [0.15, 0.2) is 119 Å². The van der Waals surface area contributed by atoms with E-state index in [2.05, 4.69) is 0 Å². The molecule has 0 bridgehead atoms. The first-order valence-corrected chi connectivity index (χ1v) is 27.4. The standard InChI is InChI=1S/C31H43NO9S.C21H30N2O4S.C2H3N/c1-21(2)18-32(42(35,36)25-12-10-24(37-3)11-13-25)19-26(33)23(16-22-8-6-5-7-9-22)17-29(34)41-27-14-15-39-31-30(27)28(38-4)20-40-31;1-16(2)14-23(28(25,26)19-11-9-18(27-3)10-12-19)15-21(24)20(22)13-17-7-5-4-6-8-17;1-2-3/h5-13,21,23,26-28,30-31,33H,14-20H2,1-4H3;4-12,16,20-21,24H,13-15,22H2,1-3H3;1H3/t23-,26-,27+,28+,30-,31+;20-,21+;/m10./s1. The van der Waals surface area contributed by atoms with Gasteiger partial charge >= 0.3 is 5.97 Å². The van der Waals surface area contributed by atoms with Gasteiger partial charge < -0.3 is 44.4 Å². The molecule has 2 fully saturated rings. The Labute approximate surface area is 433 Å². The minimum atomic E-state index is -3.93. The number of benzene rings is 4. The van der Waals surface area contributed by atoms with Crippen molar-refractivity contribution in [2.45, 2.75) is 107 Å². The van der Waals surface area contributed by atoms with Gasteiger partial charge in [-0.05, 0) is 84.3 Å². The van der Waals surface area contributed by atoms with Crippen LogP contribution in [0.2, 0.25) is 0 Å². The number of hydrogen-bond donors (Lipinski definition) is 3. The summed E-state index contributed by atoms with van der Waals surface area (Å²) in [6.07, 6.45) is -2.00. The van der Waals surface area contributed by atoms with Crippen LogP contribution in [0.25, 0.3) is 0 Å². The molecule has 0 radical (unpaired) electrons. The molecule has 4 aromatic rings. The third-order valence-electron chi connectivity index (χ3n) is 12.3. The van der Waals surface area contributed by atoms with Crippen LogP contribution in [-0.4, -0.2) is 139 Å². The molecule has 2 heterocycles. The summed E-state index contributed by atoms with van der Waals surface area (Å²) in [5.74, 6) is -0.0504. The molecule has 73 heavy (non-hydrogen) atoms. The summed E-state index contributed by atoms with van der Waals surface area (Å²) < 4.78 is 89.3. The van der Waals surface area contributed by atoms with Crippen molar-refractivity contribution in [2.75, 3.05) is 60.7 Å². The average Bonchev–Trinajstić information content (AvgIpc) is 3.81. The number of methoxy groups -OCH3 is 3. The topological polar surface area (TPSA) is 237 Å². The molecule has 17 nitrogen and oxygen atoms in total. The molecule has 0 aromatic heterocycles. The molecule has 19 heteroatoms. The predicted octanol–water partition coefficient (Wildman–Crippen LogP) is 6.07. The van der Waals surface area contributed by atoms with E-state index in [1.54, 1.807) is 37.4 Å². The SMILES string of the molecule is CC#N.COc1ccc(S(=O)(=O)N(CC(C)C)C[C@@H](O)[C@@H](CC(=O)O[C@H]2CCO[C@H]3OC[C@H](OC)[C@H]32)Cc2ccccc2)cc1.COc1ccc(S(=O)(=O)N(CC(C)C)C[C@@H](O)[C@@H](N)Cc2ccccc2)cc1. The molecule has 0 amide bonds. The molecule has 0 unspecified atom stereocenters. The van der Waals surface area contributed by atoms with Crippen molar-refractivity contribution in [2.24, 2.45) is 29.4 Å². The van der Waals surface area contributed by atoms with Gasteiger partial charge in [0.25, 0.3) is 0 Å². The molecular formula is C54H76N4O13S2. The Bertz CT molecular complexity index is 2490. The van der Waals surface area contributed by atoms with Crippen molar-refractivity contribution in [1.29, 1.82) is 5.26 Å². The third kappa shape index (κ3) is 18.4. The lowest BCUT2D eigenvalue weighted by molar-refractivity contribution is -0.200. The Hall–Kier alpha value is -4.98. The molecule has 4 aromatic carbocycles. The van der Waals surface area contributed by atoms with E-state index in [4.69, 9.17) is 39.4 Å². The molecule has 2 aliphatic rings. The van der Waals surface area contributed by atoms with E-state index in [0.717, 1.165) is 11.1 Å². The number of fused-ring (bicyclic) bond motifs is 1. The smallest absolute Gasteiger partial charge is 0.306 e. The van der Waals surface area contributed by atoms with Gasteiger partial charge in [-0.3, -0.25) is 4.79 Å². The number of carbonyl (C=O) groups is 1. The van der Waals surface area contributed by atoms with Gasteiger partial charge in [-0.15, -0.1) is 0 Å². The van der Waals surface area contributed by atoms with Crippen LogP contribution in [0, 0.1) is 35.0 Å². The molecular weight excluding hydrogens is 977 g/mol. The maximum atomic E-state index is 13.7. The molecule has 0 aliphatic carbocycles. The van der Waals surface area contributed by atoms with Gasteiger partial charge in [0.05, 0.1) is 73.9 Å². The molecule has 4 N–H and O–H groups in total. The Balaban J connectivity index is 0.000000323. The Morgan fingerprint density at radius 2 is 1.15 bits per heavy atom. The average molecular weight is 1050 g/mol. The Kier molecular flexibility index (Phi) is 24.7. The highest BCUT2D eigenvalue weighted by Gasteiger charge is 2.48. The van der Waals surface area contributed by atoms with E-state index < -0.39 is 62.6 Å². The number of ether oxygens (including phenoxy) is 6. The second kappa shape index (κ2) is 29.8. The highest BCUT2D eigenvalue weighted by Crippen LogP contribution is 2.35. The van der Waals surface area contributed by atoms with Crippen molar-refractivity contribution < 1.29 is 60.3 Å². The number of hydrogen-bond acceptors (Lipinski definition) is 15. The fourth-order valence-corrected chi connectivity index (χ4v) is 11.8. The van der Waals surface area contributed by atoms with Crippen molar-refractivity contribution in [1.82, 2.24) is 8.61 Å². The summed E-state index contributed by atoms with van der Waals surface area (Å²) in [7, 11) is -3.06. The van der Waals surface area contributed by atoms with Crippen molar-refractivity contribution in [3.63, 3.8) is 0 Å². The largest absolute Gasteiger partial charge is 0.497 e. The highest BCUT2D eigenvalue weighted by atomic mass is 32.2. The molecule has 0 saturated carbocycles. The van der Waals surface area contributed by atoms with E-state index in [9.17, 15) is 31.8 Å². The zero-order chi connectivity index (χ0) is 53.7. The summed E-state index contributed by atoms with van der Waals surface area (Å²) in [4.78, 5) is 13.6. The molecule has 8 atom stereocenters. The lowest BCUT2D eigenvalue weighted by Gasteiger charge is -2.35. The molecule has 6 rings (SSSR count). The molecule has 2 saturated heterocycles. The summed E-state index contributed by atoms with van der Waals surface area (Å²) in [6, 6.07) is 32.7. The fourth-order valence-electron chi connectivity index (χ4n) is 8.58. The quantitative estimate of drug-likeness (QED) is 0.0675. The van der Waals surface area contributed by atoms with Crippen LogP contribution in [0.5, 0.6) is 11.5 Å². The first-order chi connectivity index (χ1) is 34.8. The minimum absolute atomic E-state index is 0.00610. The van der Waals surface area contributed by atoms with E-state index in [0.29, 0.717) is 50.5 Å². The Morgan fingerprint density at radius 1 is 0.699 bits per heavy atom. The van der Waals surface area contributed by atoms with Crippen LogP contribution in [0.1, 0.15) is 58.6 Å². The Morgan fingerprint density at radius 3 is 1.59 bits per heavy atom. The van der Waals surface area contributed by atoms with Crippen molar-refractivity contribution in [3.8, 4) is 17.6 Å². The van der Waals surface area contributed by atoms with Gasteiger partial charge in [0.15, 0.2) is 6.29 Å². The molecule has 2 aliphatic heterocycles. The third-order valence-corrected chi connectivity index (χ3v) is 16.0. The van der Waals surface area contributed by atoms with Gasteiger partial charge in [0.2, 0.25) is 20.0 Å². The zero-order valence-electron chi connectivity index (χ0n) is 43.4. The molecule has 402 valence electrons. The van der Waals surface area contributed by atoms with E-state index in [-0.39, 0.29) is 59.7 Å². The van der Waals surface area contributed by atoms with E-state index >= 15 is 0 Å². The van der Waals surface area contributed by atoms with Crippen LogP contribution < -0.4 is 15.2 Å². The maximum Gasteiger partial charge on any atom is 0.306 e. The number of rotatable bonds is 24. The first-order valence-electron chi connectivity index (χ1n) is 24.5. The van der Waals surface area contributed by atoms with Crippen LogP contribution in [0.3, 0.4) is 0 Å². The van der Waals surface area contributed by atoms with Crippen LogP contribution in [0.4, 0.5) is 0 Å². The normalized spacial score (nSPS) is 19.3. The number of nitrogens with two attached hydrogens (primary N) is 1. The number of sulfonamides is 2. The number of nitriles is 1. The van der Waals surface area contributed by atoms with Crippen LogP contribution >= 0.6 is 0 Å². The van der Waals surface area contributed by atoms with Gasteiger partial charge in [-0.2, -0.15) is 13.9 Å². The number of carbonyl (C=O) groups excluding carboxylic acids is 1. The lowest BCUT2D eigenvalue weighted by atomic mass is 9.90. The summed E-state index contributed by atoms with van der Waals surface area (Å²) in [5.41, 5.74) is 8.09. The second-order valence-electron chi connectivity index (χ2n) is 18.9. The first kappa shape index (κ1) is 60.6. The van der Waals surface area contributed by atoms with Gasteiger partial charge in [-0.25, -0.2) is 16.8 Å². The summed E-state index contributed by atoms with van der Waals surface area (Å²) >= 11 is 0. The zero-order valence-corrected chi connectivity index (χ0v) is 45.0. The van der Waals surface area contributed by atoms with Gasteiger partial charge in [0, 0.05) is 58.6 Å². The second-order valence-corrected chi connectivity index (χ2v) is 22.8. The minimum Gasteiger partial charge on any atom is -0.497 e. The number of esters is 1. The van der Waals surface area contributed by atoms with Gasteiger partial charge in [0.1, 0.15) is 17.6 Å². The number of aliphatic hydroxyl groups is 2. The van der Waals surface area contributed by atoms with E-state index in [1.165, 1.54) is 54.0 Å². The summed E-state index contributed by atoms with van der Waals surface area (Å²) in [6.45, 7) is 10.2. The number of nitrogens with zero attached hydrogens (tertiary/aromatic N) is 3. The number of aliphatic hydroxyl groups excluding tert-OH is 2. The highest BCUT2D eigenvalue weighted by molar-refractivity contribution is 7.89. The predicted molar refractivity (Wildman–Crippen MR) is 277 cm³/mol. The van der Waals surface area contributed by atoms with Crippen molar-refractivity contribution >= 4 is 26.0 Å². The summed E-state index contributed by atoms with van der Waals surface area (Å²) in [5, 5.41) is 29.5. The molecule has 0 spiro atoms. The van der Waals surface area contributed by atoms with Crippen LogP contribution in [-0.2, 0) is 56.6 Å². The van der Waals surface area contributed by atoms with E-state index in [1.807, 2.05) is 88.4 Å². The maximum absolute atomic E-state index is 13.7. The monoisotopic (exact) mass is 1050 g/mol. The van der Waals surface area contributed by atoms with Gasteiger partial charge in [-0.1, -0.05) is 88.4 Å². The fraction of sp³-hybridized carbons (Fsp3) is 0.519. The van der Waals surface area contributed by atoms with Crippen molar-refractivity contribution in [3.05, 3.63) is 120 Å².